The maximum absolute atomic E-state index is 12.8. The number of benzene rings is 1. The smallest absolute Gasteiger partial charge is 0.416 e. The summed E-state index contributed by atoms with van der Waals surface area (Å²) in [6.45, 7) is 1.13. The standard InChI is InChI=1S/C13H12F3NO3/c1-8(18)17-11(12(19)20-2)7-9-5-3-4-6-10(9)13(14,15)16/h3-7H,1-2H3,(H,17,18). The van der Waals surface area contributed by atoms with Gasteiger partial charge in [0.15, 0.2) is 0 Å². The van der Waals surface area contributed by atoms with Crippen LogP contribution in [0.15, 0.2) is 30.0 Å². The third-order valence-corrected chi connectivity index (χ3v) is 2.28. The molecule has 0 heterocycles. The Kier molecular flexibility index (Phi) is 4.90. The van der Waals surface area contributed by atoms with Crippen LogP contribution in [0.5, 0.6) is 0 Å². The van der Waals surface area contributed by atoms with Crippen molar-refractivity contribution in [1.29, 1.82) is 0 Å². The first-order valence-electron chi connectivity index (χ1n) is 5.49. The van der Waals surface area contributed by atoms with Gasteiger partial charge in [0.2, 0.25) is 5.91 Å². The van der Waals surface area contributed by atoms with Crippen molar-refractivity contribution in [2.45, 2.75) is 13.1 Å². The predicted octanol–water partition coefficient (Wildman–Crippen LogP) is 2.36. The molecule has 1 amide bonds. The fourth-order valence-corrected chi connectivity index (χ4v) is 1.48. The zero-order chi connectivity index (χ0) is 15.3. The Morgan fingerprint density at radius 1 is 1.25 bits per heavy atom. The highest BCUT2D eigenvalue weighted by Gasteiger charge is 2.32. The van der Waals surface area contributed by atoms with E-state index in [1.54, 1.807) is 0 Å². The molecule has 0 bridgehead atoms. The third kappa shape index (κ3) is 4.11. The summed E-state index contributed by atoms with van der Waals surface area (Å²) in [6, 6.07) is 4.70. The normalized spacial score (nSPS) is 11.9. The Labute approximate surface area is 113 Å². The minimum atomic E-state index is -4.56. The van der Waals surface area contributed by atoms with Crippen molar-refractivity contribution in [1.82, 2.24) is 5.32 Å². The minimum Gasteiger partial charge on any atom is -0.464 e. The Hall–Kier alpha value is -2.31. The quantitative estimate of drug-likeness (QED) is 0.686. The van der Waals surface area contributed by atoms with E-state index in [0.29, 0.717) is 0 Å². The SMILES string of the molecule is COC(=O)C(=Cc1ccccc1C(F)(F)F)NC(C)=O. The van der Waals surface area contributed by atoms with Gasteiger partial charge in [0.1, 0.15) is 5.70 Å². The average molecular weight is 287 g/mol. The summed E-state index contributed by atoms with van der Waals surface area (Å²) in [7, 11) is 1.06. The van der Waals surface area contributed by atoms with E-state index in [9.17, 15) is 22.8 Å². The second kappa shape index (κ2) is 6.23. The summed E-state index contributed by atoms with van der Waals surface area (Å²) in [5.41, 5.74) is -1.52. The van der Waals surface area contributed by atoms with Crippen molar-refractivity contribution in [3.05, 3.63) is 41.1 Å². The maximum atomic E-state index is 12.8. The van der Waals surface area contributed by atoms with Crippen LogP contribution in [-0.2, 0) is 20.5 Å². The molecule has 7 heteroatoms. The molecule has 0 saturated heterocycles. The van der Waals surface area contributed by atoms with E-state index < -0.39 is 23.6 Å². The molecule has 1 aromatic carbocycles. The Morgan fingerprint density at radius 3 is 2.35 bits per heavy atom. The van der Waals surface area contributed by atoms with Gasteiger partial charge in [-0.25, -0.2) is 4.79 Å². The number of esters is 1. The van der Waals surface area contributed by atoms with Crippen LogP contribution in [0.2, 0.25) is 0 Å². The fraction of sp³-hybridized carbons (Fsp3) is 0.231. The van der Waals surface area contributed by atoms with Crippen molar-refractivity contribution >= 4 is 18.0 Å². The summed E-state index contributed by atoms with van der Waals surface area (Å²) >= 11 is 0. The van der Waals surface area contributed by atoms with Crippen LogP contribution in [-0.4, -0.2) is 19.0 Å². The lowest BCUT2D eigenvalue weighted by Crippen LogP contribution is -2.25. The van der Waals surface area contributed by atoms with E-state index in [4.69, 9.17) is 0 Å². The minimum absolute atomic E-state index is 0.242. The van der Waals surface area contributed by atoms with Crippen molar-refractivity contribution in [3.63, 3.8) is 0 Å². The molecule has 0 aromatic heterocycles. The third-order valence-electron chi connectivity index (χ3n) is 2.28. The highest BCUT2D eigenvalue weighted by molar-refractivity contribution is 5.97. The Bertz CT molecular complexity index is 550. The molecular weight excluding hydrogens is 275 g/mol. The number of ether oxygens (including phenoxy) is 1. The first-order valence-corrected chi connectivity index (χ1v) is 5.49. The van der Waals surface area contributed by atoms with Gasteiger partial charge in [-0.05, 0) is 17.7 Å². The van der Waals surface area contributed by atoms with Crippen molar-refractivity contribution in [2.75, 3.05) is 7.11 Å². The summed E-state index contributed by atoms with van der Waals surface area (Å²) in [4.78, 5) is 22.4. The van der Waals surface area contributed by atoms with E-state index in [-0.39, 0.29) is 11.3 Å². The molecular formula is C13H12F3NO3. The van der Waals surface area contributed by atoms with Gasteiger partial charge in [-0.1, -0.05) is 18.2 Å². The molecule has 1 aromatic rings. The summed E-state index contributed by atoms with van der Waals surface area (Å²) in [5.74, 6) is -1.52. The lowest BCUT2D eigenvalue weighted by molar-refractivity contribution is -0.138. The van der Waals surface area contributed by atoms with E-state index in [2.05, 4.69) is 10.1 Å². The zero-order valence-electron chi connectivity index (χ0n) is 10.7. The molecule has 0 fully saturated rings. The van der Waals surface area contributed by atoms with Gasteiger partial charge in [0.25, 0.3) is 0 Å². The highest BCUT2D eigenvalue weighted by atomic mass is 19.4. The number of carbonyl (C=O) groups is 2. The van der Waals surface area contributed by atoms with E-state index in [1.807, 2.05) is 0 Å². The number of methoxy groups -OCH3 is 1. The Balaban J connectivity index is 3.30. The molecule has 0 spiro atoms. The van der Waals surface area contributed by atoms with Gasteiger partial charge in [-0.2, -0.15) is 13.2 Å². The number of carbonyl (C=O) groups excluding carboxylic acids is 2. The van der Waals surface area contributed by atoms with Gasteiger partial charge >= 0.3 is 12.1 Å². The number of hydrogen-bond acceptors (Lipinski definition) is 3. The van der Waals surface area contributed by atoms with Crippen LogP contribution < -0.4 is 5.32 Å². The van der Waals surface area contributed by atoms with Crippen LogP contribution in [0.1, 0.15) is 18.1 Å². The summed E-state index contributed by atoms with van der Waals surface area (Å²) in [5, 5.41) is 2.14. The topological polar surface area (TPSA) is 55.4 Å². The van der Waals surface area contributed by atoms with Gasteiger partial charge in [-0.3, -0.25) is 4.79 Å². The van der Waals surface area contributed by atoms with Crippen LogP contribution in [0, 0.1) is 0 Å². The summed E-state index contributed by atoms with van der Waals surface area (Å²) < 4.78 is 42.8. The van der Waals surface area contributed by atoms with Crippen LogP contribution >= 0.6 is 0 Å². The van der Waals surface area contributed by atoms with Gasteiger partial charge < -0.3 is 10.1 Å². The second-order valence-electron chi connectivity index (χ2n) is 3.82. The van der Waals surface area contributed by atoms with Gasteiger partial charge in [-0.15, -0.1) is 0 Å². The van der Waals surface area contributed by atoms with Gasteiger partial charge in [0.05, 0.1) is 12.7 Å². The molecule has 0 saturated carbocycles. The summed E-state index contributed by atoms with van der Waals surface area (Å²) in [6.07, 6.45) is -3.64. The van der Waals surface area contributed by atoms with Crippen molar-refractivity contribution < 1.29 is 27.5 Å². The lowest BCUT2D eigenvalue weighted by atomic mass is 10.1. The average Bonchev–Trinajstić information content (AvgIpc) is 2.36. The fourth-order valence-electron chi connectivity index (χ4n) is 1.48. The number of rotatable bonds is 3. The molecule has 0 aliphatic carbocycles. The molecule has 0 radical (unpaired) electrons. The van der Waals surface area contributed by atoms with Crippen molar-refractivity contribution in [3.8, 4) is 0 Å². The zero-order valence-corrected chi connectivity index (χ0v) is 10.7. The molecule has 20 heavy (non-hydrogen) atoms. The second-order valence-corrected chi connectivity index (χ2v) is 3.82. The number of amides is 1. The predicted molar refractivity (Wildman–Crippen MR) is 65.3 cm³/mol. The number of nitrogens with one attached hydrogen (secondary N) is 1. The molecule has 108 valence electrons. The molecule has 0 aliphatic heterocycles. The van der Waals surface area contributed by atoms with Gasteiger partial charge in [0, 0.05) is 6.92 Å². The van der Waals surface area contributed by atoms with E-state index in [0.717, 1.165) is 26.2 Å². The molecule has 1 rings (SSSR count). The number of alkyl halides is 3. The molecule has 0 unspecified atom stereocenters. The van der Waals surface area contributed by atoms with Crippen LogP contribution in [0.25, 0.3) is 6.08 Å². The first kappa shape index (κ1) is 15.7. The van der Waals surface area contributed by atoms with E-state index in [1.165, 1.54) is 18.2 Å². The molecule has 1 N–H and O–H groups in total. The first-order chi connectivity index (χ1) is 9.25. The monoisotopic (exact) mass is 287 g/mol. The lowest BCUT2D eigenvalue weighted by Gasteiger charge is -2.11. The van der Waals surface area contributed by atoms with Crippen LogP contribution in [0.3, 0.4) is 0 Å². The molecule has 0 atom stereocenters. The van der Waals surface area contributed by atoms with Crippen molar-refractivity contribution in [2.24, 2.45) is 0 Å². The number of hydrogen-bond donors (Lipinski definition) is 1. The molecule has 0 aliphatic rings. The largest absolute Gasteiger partial charge is 0.464 e. The van der Waals surface area contributed by atoms with Crippen LogP contribution in [0.4, 0.5) is 13.2 Å². The molecule has 4 nitrogen and oxygen atoms in total. The maximum Gasteiger partial charge on any atom is 0.416 e. The Morgan fingerprint density at radius 2 is 1.85 bits per heavy atom. The van der Waals surface area contributed by atoms with E-state index >= 15 is 0 Å². The highest BCUT2D eigenvalue weighted by Crippen LogP contribution is 2.32. The number of halogens is 3.